The standard InChI is InChI=1S/C24H30F3N7O2S/c1-17-13-19(37(35,36)12-4-3-9-34-10-7-28-8-11-34)5-6-21(17)31-23-29-15-20(24(25,26)27)22(32-23)18-14-30-33(2)16-18/h5-6,13-16,28H,3-4,7-12H2,1-2H3,(H,29,31,32). The molecule has 3 heterocycles. The van der Waals surface area contributed by atoms with Crippen molar-refractivity contribution in [2.24, 2.45) is 7.05 Å². The lowest BCUT2D eigenvalue weighted by Crippen LogP contribution is -2.43. The average molecular weight is 538 g/mol. The molecule has 1 aliphatic rings. The summed E-state index contributed by atoms with van der Waals surface area (Å²) in [5, 5.41) is 10.1. The highest BCUT2D eigenvalue weighted by atomic mass is 32.2. The van der Waals surface area contributed by atoms with Crippen LogP contribution in [0.1, 0.15) is 24.0 Å². The summed E-state index contributed by atoms with van der Waals surface area (Å²) in [7, 11) is -1.86. The summed E-state index contributed by atoms with van der Waals surface area (Å²) in [6.07, 6.45) is 0.211. The van der Waals surface area contributed by atoms with Gasteiger partial charge in [-0.15, -0.1) is 0 Å². The Morgan fingerprint density at radius 3 is 2.54 bits per heavy atom. The molecule has 4 rings (SSSR count). The van der Waals surface area contributed by atoms with Crippen molar-refractivity contribution in [3.63, 3.8) is 0 Å². The molecule has 3 aromatic rings. The van der Waals surface area contributed by atoms with Crippen molar-refractivity contribution in [1.82, 2.24) is 30.0 Å². The molecule has 1 fully saturated rings. The number of aryl methyl sites for hydroxylation is 2. The Morgan fingerprint density at radius 1 is 1.14 bits per heavy atom. The van der Waals surface area contributed by atoms with E-state index in [1.165, 1.54) is 23.1 Å². The lowest BCUT2D eigenvalue weighted by Gasteiger charge is -2.26. The second-order valence-electron chi connectivity index (χ2n) is 9.08. The Morgan fingerprint density at radius 2 is 1.89 bits per heavy atom. The summed E-state index contributed by atoms with van der Waals surface area (Å²) in [4.78, 5) is 10.5. The van der Waals surface area contributed by atoms with Gasteiger partial charge in [-0.1, -0.05) is 0 Å². The van der Waals surface area contributed by atoms with Crippen molar-refractivity contribution in [2.75, 3.05) is 43.8 Å². The Balaban J connectivity index is 1.45. The zero-order chi connectivity index (χ0) is 26.6. The van der Waals surface area contributed by atoms with E-state index in [9.17, 15) is 21.6 Å². The fraction of sp³-hybridized carbons (Fsp3) is 0.458. The van der Waals surface area contributed by atoms with E-state index in [2.05, 4.69) is 30.6 Å². The van der Waals surface area contributed by atoms with Crippen molar-refractivity contribution in [2.45, 2.75) is 30.8 Å². The van der Waals surface area contributed by atoms with Crippen LogP contribution >= 0.6 is 0 Å². The monoisotopic (exact) mass is 537 g/mol. The van der Waals surface area contributed by atoms with Gasteiger partial charge in [0.05, 0.1) is 22.5 Å². The number of nitrogens with zero attached hydrogens (tertiary/aromatic N) is 5. The predicted octanol–water partition coefficient (Wildman–Crippen LogP) is 3.41. The van der Waals surface area contributed by atoms with Crippen LogP contribution < -0.4 is 10.6 Å². The largest absolute Gasteiger partial charge is 0.419 e. The van der Waals surface area contributed by atoms with Crippen molar-refractivity contribution in [1.29, 1.82) is 0 Å². The van der Waals surface area contributed by atoms with Crippen molar-refractivity contribution < 1.29 is 21.6 Å². The van der Waals surface area contributed by atoms with Gasteiger partial charge in [0, 0.05) is 56.9 Å². The van der Waals surface area contributed by atoms with Gasteiger partial charge in [0.25, 0.3) is 0 Å². The molecule has 1 saturated heterocycles. The number of hydrogen-bond donors (Lipinski definition) is 2. The predicted molar refractivity (Wildman–Crippen MR) is 134 cm³/mol. The Labute approximate surface area is 214 Å². The zero-order valence-corrected chi connectivity index (χ0v) is 21.5. The minimum Gasteiger partial charge on any atom is -0.324 e. The van der Waals surface area contributed by atoms with Gasteiger partial charge in [-0.25, -0.2) is 18.4 Å². The van der Waals surface area contributed by atoms with E-state index in [1.54, 1.807) is 26.1 Å². The van der Waals surface area contributed by atoms with Crippen LogP contribution in [-0.2, 0) is 23.1 Å². The molecule has 9 nitrogen and oxygen atoms in total. The van der Waals surface area contributed by atoms with Gasteiger partial charge in [-0.3, -0.25) is 4.68 Å². The number of piperazine rings is 1. The topological polar surface area (TPSA) is 105 Å². The lowest BCUT2D eigenvalue weighted by atomic mass is 10.1. The number of hydrogen-bond acceptors (Lipinski definition) is 8. The Bertz CT molecular complexity index is 1340. The summed E-state index contributed by atoms with van der Waals surface area (Å²) in [6, 6.07) is 4.63. The number of nitrogens with one attached hydrogen (secondary N) is 2. The third-order valence-electron chi connectivity index (χ3n) is 6.22. The molecule has 200 valence electrons. The van der Waals surface area contributed by atoms with E-state index in [4.69, 9.17) is 0 Å². The number of halogens is 3. The van der Waals surface area contributed by atoms with Crippen LogP contribution in [0.2, 0.25) is 0 Å². The maximum absolute atomic E-state index is 13.5. The molecule has 0 atom stereocenters. The van der Waals surface area contributed by atoms with Gasteiger partial charge < -0.3 is 15.5 Å². The van der Waals surface area contributed by atoms with Gasteiger partial charge in [-0.2, -0.15) is 18.3 Å². The second kappa shape index (κ2) is 11.2. The molecule has 0 aliphatic carbocycles. The Hall–Kier alpha value is -3.03. The van der Waals surface area contributed by atoms with E-state index in [0.29, 0.717) is 17.7 Å². The fourth-order valence-electron chi connectivity index (χ4n) is 4.18. The Kier molecular flexibility index (Phi) is 8.14. The number of anilines is 2. The average Bonchev–Trinajstić information content (AvgIpc) is 3.29. The minimum absolute atomic E-state index is 0.0431. The van der Waals surface area contributed by atoms with Gasteiger partial charge in [0.15, 0.2) is 9.84 Å². The minimum atomic E-state index is -4.64. The molecule has 2 aromatic heterocycles. The molecule has 37 heavy (non-hydrogen) atoms. The van der Waals surface area contributed by atoms with Gasteiger partial charge in [-0.05, 0) is 50.1 Å². The number of alkyl halides is 3. The van der Waals surface area contributed by atoms with Crippen LogP contribution in [0.25, 0.3) is 11.3 Å². The maximum Gasteiger partial charge on any atom is 0.419 e. The highest BCUT2D eigenvalue weighted by Crippen LogP contribution is 2.36. The second-order valence-corrected chi connectivity index (χ2v) is 11.2. The summed E-state index contributed by atoms with van der Waals surface area (Å²) < 4.78 is 67.7. The highest BCUT2D eigenvalue weighted by molar-refractivity contribution is 7.91. The molecular weight excluding hydrogens is 507 g/mol. The molecule has 0 bridgehead atoms. The van der Waals surface area contributed by atoms with E-state index in [-0.39, 0.29) is 27.9 Å². The number of rotatable bonds is 9. The molecule has 2 N–H and O–H groups in total. The van der Waals surface area contributed by atoms with Gasteiger partial charge in [0.1, 0.15) is 5.56 Å². The fourth-order valence-corrected chi connectivity index (χ4v) is 5.64. The summed E-state index contributed by atoms with van der Waals surface area (Å²) in [6.45, 7) is 6.48. The molecule has 1 aromatic carbocycles. The molecule has 0 saturated carbocycles. The number of unbranched alkanes of at least 4 members (excludes halogenated alkanes) is 1. The van der Waals surface area contributed by atoms with Crippen LogP contribution in [0.4, 0.5) is 24.8 Å². The molecule has 13 heteroatoms. The van der Waals surface area contributed by atoms with Crippen molar-refractivity contribution >= 4 is 21.5 Å². The first-order chi connectivity index (χ1) is 17.5. The third kappa shape index (κ3) is 6.84. The van der Waals surface area contributed by atoms with Crippen LogP contribution in [0.3, 0.4) is 0 Å². The summed E-state index contributed by atoms with van der Waals surface area (Å²) >= 11 is 0. The van der Waals surface area contributed by atoms with Crippen LogP contribution in [-0.4, -0.2) is 71.5 Å². The smallest absolute Gasteiger partial charge is 0.324 e. The van der Waals surface area contributed by atoms with Crippen LogP contribution in [0.5, 0.6) is 0 Å². The van der Waals surface area contributed by atoms with Crippen LogP contribution in [0, 0.1) is 6.92 Å². The van der Waals surface area contributed by atoms with Gasteiger partial charge >= 0.3 is 6.18 Å². The number of sulfone groups is 1. The third-order valence-corrected chi connectivity index (χ3v) is 8.02. The highest BCUT2D eigenvalue weighted by Gasteiger charge is 2.35. The molecule has 0 unspecified atom stereocenters. The zero-order valence-electron chi connectivity index (χ0n) is 20.7. The van der Waals surface area contributed by atoms with Crippen molar-refractivity contribution in [3.05, 3.63) is 47.9 Å². The first-order valence-electron chi connectivity index (χ1n) is 12.0. The van der Waals surface area contributed by atoms with Crippen LogP contribution in [0.15, 0.2) is 41.7 Å². The molecule has 0 spiro atoms. The molecule has 0 amide bonds. The SMILES string of the molecule is Cc1cc(S(=O)(=O)CCCCN2CCNCC2)ccc1Nc1ncc(C(F)(F)F)c(-c2cnn(C)c2)n1. The van der Waals surface area contributed by atoms with E-state index in [1.807, 2.05) is 0 Å². The van der Waals surface area contributed by atoms with E-state index in [0.717, 1.165) is 45.3 Å². The number of benzene rings is 1. The first-order valence-corrected chi connectivity index (χ1v) is 13.6. The summed E-state index contributed by atoms with van der Waals surface area (Å²) in [5.41, 5.74) is 0.0372. The normalized spacial score (nSPS) is 15.2. The summed E-state index contributed by atoms with van der Waals surface area (Å²) in [5.74, 6) is 0.0143. The van der Waals surface area contributed by atoms with E-state index >= 15 is 0 Å². The maximum atomic E-state index is 13.5. The van der Waals surface area contributed by atoms with Gasteiger partial charge in [0.2, 0.25) is 5.95 Å². The van der Waals surface area contributed by atoms with E-state index < -0.39 is 21.6 Å². The quantitative estimate of drug-likeness (QED) is 0.400. The molecular formula is C24H30F3N7O2S. The number of aromatic nitrogens is 4. The molecule has 0 radical (unpaired) electrons. The lowest BCUT2D eigenvalue weighted by molar-refractivity contribution is -0.137. The molecule has 1 aliphatic heterocycles. The first kappa shape index (κ1) is 27.0. The van der Waals surface area contributed by atoms with Crippen molar-refractivity contribution in [3.8, 4) is 11.3 Å².